The molecule has 1 rings (SSSR count). The summed E-state index contributed by atoms with van der Waals surface area (Å²) in [6.07, 6.45) is 0. The maximum atomic E-state index is 5.79. The number of ether oxygens (including phenoxy) is 1. The summed E-state index contributed by atoms with van der Waals surface area (Å²) < 4.78 is 6.60. The zero-order chi connectivity index (χ0) is 14.5. The number of benzene rings is 1. The highest BCUT2D eigenvalue weighted by molar-refractivity contribution is 9.10. The van der Waals surface area contributed by atoms with Crippen LogP contribution < -0.4 is 10.1 Å². The lowest BCUT2D eigenvalue weighted by Gasteiger charge is -2.21. The monoisotopic (exact) mass is 365 g/mol. The number of hydrogen-bond donors (Lipinski definition) is 1. The molecule has 1 N–H and O–H groups in total. The predicted octanol–water partition coefficient (Wildman–Crippen LogP) is 5.04. The van der Waals surface area contributed by atoms with Gasteiger partial charge in [-0.1, -0.05) is 39.1 Å². The lowest BCUT2D eigenvalue weighted by atomic mass is 10.1. The van der Waals surface area contributed by atoms with Gasteiger partial charge >= 0.3 is 0 Å². The summed E-state index contributed by atoms with van der Waals surface area (Å²) in [5.74, 6) is 0.769. The third kappa shape index (κ3) is 6.66. The Bertz CT molecular complexity index is 455. The zero-order valence-corrected chi connectivity index (χ0v) is 14.4. The van der Waals surface area contributed by atoms with Crippen molar-refractivity contribution in [2.24, 2.45) is 0 Å². The van der Waals surface area contributed by atoms with Crippen LogP contribution >= 0.6 is 39.1 Å². The lowest BCUT2D eigenvalue weighted by molar-refractivity contribution is 0.358. The van der Waals surface area contributed by atoms with Crippen LogP contribution in [0.15, 0.2) is 33.2 Å². The molecular formula is C14H18BrCl2NO. The Morgan fingerprint density at radius 2 is 2.11 bits per heavy atom. The van der Waals surface area contributed by atoms with Crippen LogP contribution in [-0.2, 0) is 6.54 Å². The Labute approximate surface area is 133 Å². The van der Waals surface area contributed by atoms with Gasteiger partial charge in [-0.25, -0.2) is 0 Å². The first-order valence-corrected chi connectivity index (χ1v) is 7.53. The van der Waals surface area contributed by atoms with Crippen LogP contribution in [0.4, 0.5) is 0 Å². The quantitative estimate of drug-likeness (QED) is 0.788. The van der Waals surface area contributed by atoms with Crippen molar-refractivity contribution in [3.05, 3.63) is 38.8 Å². The number of rotatable bonds is 5. The predicted molar refractivity (Wildman–Crippen MR) is 86.0 cm³/mol. The molecule has 0 aliphatic heterocycles. The van der Waals surface area contributed by atoms with Gasteiger partial charge in [0.15, 0.2) is 0 Å². The minimum atomic E-state index is 0.0704. The third-order valence-corrected chi connectivity index (χ3v) is 3.69. The van der Waals surface area contributed by atoms with E-state index in [1.807, 2.05) is 18.2 Å². The summed E-state index contributed by atoms with van der Waals surface area (Å²) >= 11 is 14.8. The van der Waals surface area contributed by atoms with E-state index in [2.05, 4.69) is 42.0 Å². The van der Waals surface area contributed by atoms with Crippen molar-refractivity contribution in [2.75, 3.05) is 6.61 Å². The highest BCUT2D eigenvalue weighted by Crippen LogP contribution is 2.23. The lowest BCUT2D eigenvalue weighted by Crippen LogP contribution is -2.35. The van der Waals surface area contributed by atoms with Crippen LogP contribution in [0.5, 0.6) is 5.75 Å². The maximum absolute atomic E-state index is 5.79. The molecule has 0 bridgehead atoms. The Kier molecular flexibility index (Phi) is 6.67. The normalized spacial score (nSPS) is 12.6. The van der Waals surface area contributed by atoms with E-state index in [-0.39, 0.29) is 12.1 Å². The largest absolute Gasteiger partial charge is 0.488 e. The van der Waals surface area contributed by atoms with E-state index in [1.165, 1.54) is 5.54 Å². The molecular weight excluding hydrogens is 349 g/mol. The third-order valence-electron chi connectivity index (χ3n) is 2.32. The SMILES string of the molecule is CC(C)(C)NCc1cc(OC/C(Cl)=C/Cl)ccc1Br. The van der Waals surface area contributed by atoms with Gasteiger partial charge in [0.1, 0.15) is 12.4 Å². The van der Waals surface area contributed by atoms with E-state index < -0.39 is 0 Å². The Balaban J connectivity index is 2.71. The van der Waals surface area contributed by atoms with Crippen molar-refractivity contribution in [1.82, 2.24) is 5.32 Å². The van der Waals surface area contributed by atoms with Crippen LogP contribution in [0.2, 0.25) is 0 Å². The van der Waals surface area contributed by atoms with E-state index in [9.17, 15) is 0 Å². The van der Waals surface area contributed by atoms with Crippen LogP contribution in [0.25, 0.3) is 0 Å². The smallest absolute Gasteiger partial charge is 0.125 e. The minimum Gasteiger partial charge on any atom is -0.488 e. The summed E-state index contributed by atoms with van der Waals surface area (Å²) in [7, 11) is 0. The molecule has 0 amide bonds. The molecule has 0 aliphatic carbocycles. The molecule has 0 aromatic heterocycles. The molecule has 0 spiro atoms. The molecule has 19 heavy (non-hydrogen) atoms. The molecule has 0 fully saturated rings. The average molecular weight is 367 g/mol. The minimum absolute atomic E-state index is 0.0704. The highest BCUT2D eigenvalue weighted by atomic mass is 79.9. The van der Waals surface area contributed by atoms with Gasteiger partial charge in [0.25, 0.3) is 0 Å². The van der Waals surface area contributed by atoms with E-state index >= 15 is 0 Å². The fraction of sp³-hybridized carbons (Fsp3) is 0.429. The zero-order valence-electron chi connectivity index (χ0n) is 11.3. The van der Waals surface area contributed by atoms with Crippen molar-refractivity contribution >= 4 is 39.1 Å². The number of nitrogens with one attached hydrogen (secondary N) is 1. The molecule has 2 nitrogen and oxygen atoms in total. The Hall–Kier alpha value is -0.220. The first-order valence-electron chi connectivity index (χ1n) is 5.93. The van der Waals surface area contributed by atoms with Crippen LogP contribution in [0.3, 0.4) is 0 Å². The van der Waals surface area contributed by atoms with Crippen molar-refractivity contribution in [1.29, 1.82) is 0 Å². The van der Waals surface area contributed by atoms with Gasteiger partial charge in [-0.15, -0.1) is 0 Å². The first kappa shape index (κ1) is 16.8. The molecule has 0 radical (unpaired) electrons. The van der Waals surface area contributed by atoms with Crippen molar-refractivity contribution in [3.63, 3.8) is 0 Å². The van der Waals surface area contributed by atoms with Gasteiger partial charge < -0.3 is 10.1 Å². The molecule has 106 valence electrons. The van der Waals surface area contributed by atoms with E-state index in [0.717, 1.165) is 22.3 Å². The van der Waals surface area contributed by atoms with Gasteiger partial charge in [0.05, 0.1) is 5.03 Å². The fourth-order valence-electron chi connectivity index (χ4n) is 1.32. The molecule has 0 atom stereocenters. The van der Waals surface area contributed by atoms with Gasteiger partial charge in [0.2, 0.25) is 0 Å². The summed E-state index contributed by atoms with van der Waals surface area (Å²) in [5.41, 5.74) is 2.52. The molecule has 0 aliphatic rings. The second kappa shape index (κ2) is 7.53. The van der Waals surface area contributed by atoms with Crippen molar-refractivity contribution < 1.29 is 4.74 Å². The Morgan fingerprint density at radius 3 is 2.68 bits per heavy atom. The molecule has 1 aromatic carbocycles. The molecule has 0 saturated heterocycles. The summed E-state index contributed by atoms with van der Waals surface area (Å²) in [6.45, 7) is 7.43. The van der Waals surface area contributed by atoms with E-state index in [4.69, 9.17) is 27.9 Å². The molecule has 0 saturated carbocycles. The fourth-order valence-corrected chi connectivity index (χ4v) is 1.82. The van der Waals surface area contributed by atoms with Gasteiger partial charge in [0, 0.05) is 22.1 Å². The van der Waals surface area contributed by atoms with Crippen LogP contribution in [-0.4, -0.2) is 12.1 Å². The summed E-state index contributed by atoms with van der Waals surface area (Å²) in [4.78, 5) is 0. The number of halogens is 3. The van der Waals surface area contributed by atoms with Crippen molar-refractivity contribution in [3.8, 4) is 5.75 Å². The van der Waals surface area contributed by atoms with Gasteiger partial charge in [-0.3, -0.25) is 0 Å². The Morgan fingerprint density at radius 1 is 1.42 bits per heavy atom. The van der Waals surface area contributed by atoms with Gasteiger partial charge in [-0.2, -0.15) is 0 Å². The second-order valence-corrected chi connectivity index (χ2v) is 6.76. The standard InChI is InChI=1S/C14H18BrCl2NO/c1-14(2,3)18-8-10-6-12(4-5-13(10)15)19-9-11(17)7-16/h4-7,18H,8-9H2,1-3H3/b11-7-. The molecule has 1 aromatic rings. The van der Waals surface area contributed by atoms with Gasteiger partial charge in [-0.05, 0) is 44.5 Å². The highest BCUT2D eigenvalue weighted by Gasteiger charge is 2.10. The maximum Gasteiger partial charge on any atom is 0.125 e. The first-order chi connectivity index (χ1) is 8.81. The van der Waals surface area contributed by atoms with Crippen LogP contribution in [0.1, 0.15) is 26.3 Å². The van der Waals surface area contributed by atoms with Crippen molar-refractivity contribution in [2.45, 2.75) is 32.9 Å². The average Bonchev–Trinajstić information content (AvgIpc) is 2.34. The molecule has 0 heterocycles. The number of hydrogen-bond acceptors (Lipinski definition) is 2. The summed E-state index contributed by atoms with van der Waals surface area (Å²) in [5, 5.41) is 3.91. The summed E-state index contributed by atoms with van der Waals surface area (Å²) in [6, 6.07) is 5.84. The van der Waals surface area contributed by atoms with Crippen LogP contribution in [0, 0.1) is 0 Å². The molecule has 0 unspecified atom stereocenters. The topological polar surface area (TPSA) is 21.3 Å². The van der Waals surface area contributed by atoms with E-state index in [1.54, 1.807) is 0 Å². The molecule has 5 heteroatoms. The van der Waals surface area contributed by atoms with E-state index in [0.29, 0.717) is 5.03 Å². The second-order valence-electron chi connectivity index (χ2n) is 5.20.